The van der Waals surface area contributed by atoms with Gasteiger partial charge in [-0.2, -0.15) is 12.6 Å². The van der Waals surface area contributed by atoms with Crippen molar-refractivity contribution in [3.05, 3.63) is 66.4 Å². The first-order valence-corrected chi connectivity index (χ1v) is 6.55. The molecular weight excluding hydrogens is 238 g/mol. The molecule has 1 heterocycles. The summed E-state index contributed by atoms with van der Waals surface area (Å²) >= 11 is 4.34. The largest absolute Gasteiger partial charge is 0.255 e. The van der Waals surface area contributed by atoms with Gasteiger partial charge in [-0.1, -0.05) is 48.5 Å². The normalized spacial score (nSPS) is 10.7. The molecule has 0 N–H and O–H groups in total. The summed E-state index contributed by atoms with van der Waals surface area (Å²) in [6.07, 6.45) is 1.94. The van der Waals surface area contributed by atoms with E-state index in [1.165, 1.54) is 16.5 Å². The second-order valence-corrected chi connectivity index (χ2v) is 4.55. The predicted octanol–water partition coefficient (Wildman–Crippen LogP) is 4.33. The first-order chi connectivity index (χ1) is 8.88. The number of benzene rings is 2. The average molecular weight is 251 g/mol. The van der Waals surface area contributed by atoms with E-state index < -0.39 is 0 Å². The van der Waals surface area contributed by atoms with Crippen LogP contribution in [0.3, 0.4) is 0 Å². The molecule has 0 spiro atoms. The Balaban J connectivity index is 2.18. The number of hydrogen-bond donors (Lipinski definition) is 1. The van der Waals surface area contributed by atoms with Gasteiger partial charge in [0.1, 0.15) is 0 Å². The quantitative estimate of drug-likeness (QED) is 0.669. The summed E-state index contributed by atoms with van der Waals surface area (Å²) in [7, 11) is 0. The maximum absolute atomic E-state index is 4.58. The van der Waals surface area contributed by atoms with E-state index >= 15 is 0 Å². The molecule has 3 aromatic rings. The molecule has 2 aromatic carbocycles. The Morgan fingerprint density at radius 1 is 0.889 bits per heavy atom. The lowest BCUT2D eigenvalue weighted by Crippen LogP contribution is -1.87. The summed E-state index contributed by atoms with van der Waals surface area (Å²) in [6, 6.07) is 18.7. The smallest absolute Gasteiger partial charge is 0.0742 e. The van der Waals surface area contributed by atoms with Gasteiger partial charge in [-0.25, -0.2) is 0 Å². The topological polar surface area (TPSA) is 12.9 Å². The molecule has 2 heteroatoms. The third-order valence-corrected chi connectivity index (χ3v) is 3.41. The van der Waals surface area contributed by atoms with Crippen molar-refractivity contribution in [2.45, 2.75) is 5.75 Å². The van der Waals surface area contributed by atoms with Crippen LogP contribution in [0.4, 0.5) is 0 Å². The fourth-order valence-electron chi connectivity index (χ4n) is 2.14. The van der Waals surface area contributed by atoms with E-state index in [-0.39, 0.29) is 0 Å². The van der Waals surface area contributed by atoms with Crippen LogP contribution in [0.1, 0.15) is 5.56 Å². The Hall–Kier alpha value is -1.80. The summed E-state index contributed by atoms with van der Waals surface area (Å²) in [5, 5.41) is 1.17. The van der Waals surface area contributed by atoms with Gasteiger partial charge in [0.05, 0.1) is 5.52 Å². The minimum atomic E-state index is 0.717. The van der Waals surface area contributed by atoms with Crippen LogP contribution in [0.15, 0.2) is 60.8 Å². The van der Waals surface area contributed by atoms with Crippen molar-refractivity contribution >= 4 is 23.5 Å². The van der Waals surface area contributed by atoms with E-state index in [2.05, 4.69) is 54.0 Å². The van der Waals surface area contributed by atoms with Crippen molar-refractivity contribution in [3.63, 3.8) is 0 Å². The van der Waals surface area contributed by atoms with Gasteiger partial charge >= 0.3 is 0 Å². The van der Waals surface area contributed by atoms with E-state index in [0.29, 0.717) is 0 Å². The maximum Gasteiger partial charge on any atom is 0.0742 e. The number of rotatable bonds is 2. The molecule has 88 valence electrons. The van der Waals surface area contributed by atoms with E-state index in [0.717, 1.165) is 16.8 Å². The number of pyridine rings is 1. The van der Waals surface area contributed by atoms with Crippen LogP contribution in [0.5, 0.6) is 0 Å². The minimum Gasteiger partial charge on any atom is -0.255 e. The Morgan fingerprint density at radius 3 is 2.50 bits per heavy atom. The third-order valence-electron chi connectivity index (χ3n) is 3.07. The molecule has 0 amide bonds. The van der Waals surface area contributed by atoms with Crippen LogP contribution >= 0.6 is 12.6 Å². The molecule has 0 aliphatic rings. The molecule has 0 atom stereocenters. The molecule has 3 rings (SSSR count). The molecule has 0 aliphatic carbocycles. The summed E-state index contributed by atoms with van der Waals surface area (Å²) < 4.78 is 0. The predicted molar refractivity (Wildman–Crippen MR) is 79.9 cm³/mol. The van der Waals surface area contributed by atoms with Gasteiger partial charge in [-0.15, -0.1) is 0 Å². The van der Waals surface area contributed by atoms with Gasteiger partial charge in [0.25, 0.3) is 0 Å². The molecule has 0 unspecified atom stereocenters. The Labute approximate surface area is 112 Å². The van der Waals surface area contributed by atoms with Crippen molar-refractivity contribution < 1.29 is 0 Å². The molecule has 0 fully saturated rings. The van der Waals surface area contributed by atoms with E-state index in [4.69, 9.17) is 0 Å². The molecular formula is C16H13NS. The maximum atomic E-state index is 4.58. The van der Waals surface area contributed by atoms with Crippen LogP contribution in [-0.2, 0) is 5.75 Å². The third kappa shape index (κ3) is 2.00. The number of para-hydroxylation sites is 1. The number of fused-ring (bicyclic) bond motifs is 1. The first kappa shape index (κ1) is 11.3. The Kier molecular flexibility index (Phi) is 3.03. The molecule has 1 aromatic heterocycles. The fourth-order valence-corrected chi connectivity index (χ4v) is 2.40. The average Bonchev–Trinajstić information content (AvgIpc) is 2.47. The van der Waals surface area contributed by atoms with Crippen LogP contribution in [0.25, 0.3) is 22.0 Å². The summed E-state index contributed by atoms with van der Waals surface area (Å²) in [5.74, 6) is 0.717. The standard InChI is InChI=1S/C16H13NS/c18-11-14-8-4-7-13-9-15(10-17-16(13)14)12-5-2-1-3-6-12/h1-10,18H,11H2. The summed E-state index contributed by atoms with van der Waals surface area (Å²) in [4.78, 5) is 4.58. The van der Waals surface area contributed by atoms with Gasteiger partial charge in [-0.3, -0.25) is 4.98 Å². The van der Waals surface area contributed by atoms with Crippen LogP contribution in [-0.4, -0.2) is 4.98 Å². The zero-order valence-corrected chi connectivity index (χ0v) is 10.8. The number of thiol groups is 1. The van der Waals surface area contributed by atoms with Gasteiger partial charge in [0.2, 0.25) is 0 Å². The lowest BCUT2D eigenvalue weighted by molar-refractivity contribution is 1.35. The van der Waals surface area contributed by atoms with Gasteiger partial charge < -0.3 is 0 Å². The van der Waals surface area contributed by atoms with Crippen molar-refractivity contribution in [2.24, 2.45) is 0 Å². The number of hydrogen-bond acceptors (Lipinski definition) is 2. The lowest BCUT2D eigenvalue weighted by atomic mass is 10.0. The van der Waals surface area contributed by atoms with Crippen molar-refractivity contribution in [1.29, 1.82) is 0 Å². The monoisotopic (exact) mass is 251 g/mol. The second kappa shape index (κ2) is 4.83. The Bertz CT molecular complexity index is 677. The van der Waals surface area contributed by atoms with Gasteiger partial charge in [0, 0.05) is 22.9 Å². The van der Waals surface area contributed by atoms with Crippen molar-refractivity contribution in [2.75, 3.05) is 0 Å². The van der Waals surface area contributed by atoms with Gasteiger partial charge in [-0.05, 0) is 17.2 Å². The second-order valence-electron chi connectivity index (χ2n) is 4.24. The molecule has 0 saturated heterocycles. The highest BCUT2D eigenvalue weighted by atomic mass is 32.1. The number of aromatic nitrogens is 1. The van der Waals surface area contributed by atoms with E-state index in [9.17, 15) is 0 Å². The number of nitrogens with zero attached hydrogens (tertiary/aromatic N) is 1. The van der Waals surface area contributed by atoms with Crippen LogP contribution in [0.2, 0.25) is 0 Å². The zero-order chi connectivity index (χ0) is 12.4. The van der Waals surface area contributed by atoms with Crippen molar-refractivity contribution in [1.82, 2.24) is 4.98 Å². The fraction of sp³-hybridized carbons (Fsp3) is 0.0625. The molecule has 0 aliphatic heterocycles. The Morgan fingerprint density at radius 2 is 1.72 bits per heavy atom. The zero-order valence-electron chi connectivity index (χ0n) is 9.88. The van der Waals surface area contributed by atoms with Crippen LogP contribution in [0, 0.1) is 0 Å². The molecule has 18 heavy (non-hydrogen) atoms. The molecule has 0 bridgehead atoms. The van der Waals surface area contributed by atoms with Crippen LogP contribution < -0.4 is 0 Å². The highest BCUT2D eigenvalue weighted by Crippen LogP contribution is 2.24. The molecule has 1 nitrogen and oxygen atoms in total. The highest BCUT2D eigenvalue weighted by molar-refractivity contribution is 7.79. The van der Waals surface area contributed by atoms with E-state index in [1.807, 2.05) is 24.4 Å². The summed E-state index contributed by atoms with van der Waals surface area (Å²) in [6.45, 7) is 0. The molecule has 0 radical (unpaired) electrons. The SMILES string of the molecule is SCc1cccc2cc(-c3ccccc3)cnc12. The minimum absolute atomic E-state index is 0.717. The first-order valence-electron chi connectivity index (χ1n) is 5.92. The highest BCUT2D eigenvalue weighted by Gasteiger charge is 2.03. The van der Waals surface area contributed by atoms with Gasteiger partial charge in [0.15, 0.2) is 0 Å². The van der Waals surface area contributed by atoms with E-state index in [1.54, 1.807) is 0 Å². The molecule has 0 saturated carbocycles. The summed E-state index contributed by atoms with van der Waals surface area (Å²) in [5.41, 5.74) is 4.57. The lowest BCUT2D eigenvalue weighted by Gasteiger charge is -2.06. The van der Waals surface area contributed by atoms with Crippen molar-refractivity contribution in [3.8, 4) is 11.1 Å².